The first-order chi connectivity index (χ1) is 7.69. The average molecular weight is 248 g/mol. The molecule has 0 fully saturated rings. The molecular weight excluding hydrogens is 234 g/mol. The van der Waals surface area contributed by atoms with Crippen LogP contribution in [0.5, 0.6) is 17.2 Å². The molecule has 0 aliphatic rings. The topological polar surface area (TPSA) is 62.9 Å². The lowest BCUT2D eigenvalue weighted by atomic mass is 10.2. The molecule has 0 aliphatic carbocycles. The summed E-state index contributed by atoms with van der Waals surface area (Å²) in [6.45, 7) is 0.170. The van der Waals surface area contributed by atoms with Crippen molar-refractivity contribution < 1.29 is 19.0 Å². The third-order valence-corrected chi connectivity index (χ3v) is 2.43. The fourth-order valence-electron chi connectivity index (χ4n) is 1.40. The van der Waals surface area contributed by atoms with Crippen LogP contribution in [0.2, 0.25) is 5.02 Å². The van der Waals surface area contributed by atoms with Crippen LogP contribution >= 0.6 is 11.6 Å². The summed E-state index contributed by atoms with van der Waals surface area (Å²) in [5.41, 5.74) is 0.688. The van der Waals surface area contributed by atoms with Gasteiger partial charge < -0.3 is 14.2 Å². The zero-order chi connectivity index (χ0) is 12.1. The van der Waals surface area contributed by atoms with Gasteiger partial charge in [-0.1, -0.05) is 11.6 Å². The lowest BCUT2D eigenvalue weighted by Crippen LogP contribution is -2.03. The first kappa shape index (κ1) is 12.9. The molecule has 0 atom stereocenters. The fourth-order valence-corrected chi connectivity index (χ4v) is 1.77. The van der Waals surface area contributed by atoms with Crippen molar-refractivity contribution in [3.8, 4) is 17.2 Å². The van der Waals surface area contributed by atoms with E-state index in [-0.39, 0.29) is 6.61 Å². The molecule has 90 valence electrons. The van der Waals surface area contributed by atoms with Crippen LogP contribution in [-0.2, 0) is 11.4 Å². The monoisotopic (exact) mass is 247 g/mol. The van der Waals surface area contributed by atoms with Crippen molar-refractivity contribution >= 4 is 11.6 Å². The lowest BCUT2D eigenvalue weighted by Gasteiger charge is -2.15. The van der Waals surface area contributed by atoms with Crippen LogP contribution in [0.25, 0.3) is 0 Å². The van der Waals surface area contributed by atoms with E-state index in [0.29, 0.717) is 27.8 Å². The summed E-state index contributed by atoms with van der Waals surface area (Å²) in [7, 11) is 4.53. The molecule has 0 heterocycles. The SMILES string of the molecule is COc1cc(CON)c(OC)c(Cl)c1OC. The minimum absolute atomic E-state index is 0.170. The van der Waals surface area contributed by atoms with Crippen molar-refractivity contribution in [3.05, 3.63) is 16.7 Å². The van der Waals surface area contributed by atoms with Gasteiger partial charge in [-0.2, -0.15) is 0 Å². The van der Waals surface area contributed by atoms with E-state index in [9.17, 15) is 0 Å². The van der Waals surface area contributed by atoms with Crippen molar-refractivity contribution in [2.24, 2.45) is 5.90 Å². The Balaban J connectivity index is 3.35. The molecule has 0 radical (unpaired) electrons. The van der Waals surface area contributed by atoms with Crippen LogP contribution in [0.15, 0.2) is 6.07 Å². The molecule has 1 aromatic rings. The highest BCUT2D eigenvalue weighted by atomic mass is 35.5. The van der Waals surface area contributed by atoms with Gasteiger partial charge in [0.25, 0.3) is 0 Å². The Labute approximate surface area is 98.9 Å². The second kappa shape index (κ2) is 5.79. The zero-order valence-electron chi connectivity index (χ0n) is 9.37. The van der Waals surface area contributed by atoms with Crippen LogP contribution < -0.4 is 20.1 Å². The van der Waals surface area contributed by atoms with Gasteiger partial charge in [0.1, 0.15) is 10.8 Å². The molecule has 0 aliphatic heterocycles. The molecule has 2 N–H and O–H groups in total. The Morgan fingerprint density at radius 1 is 1.12 bits per heavy atom. The van der Waals surface area contributed by atoms with E-state index < -0.39 is 0 Å². The second-order valence-corrected chi connectivity index (χ2v) is 3.31. The normalized spacial score (nSPS) is 10.1. The fraction of sp³-hybridized carbons (Fsp3) is 0.400. The van der Waals surface area contributed by atoms with Gasteiger partial charge in [-0.3, -0.25) is 4.84 Å². The largest absolute Gasteiger partial charge is 0.495 e. The van der Waals surface area contributed by atoms with Gasteiger partial charge >= 0.3 is 0 Å². The smallest absolute Gasteiger partial charge is 0.183 e. The number of rotatable bonds is 5. The number of halogens is 1. The Kier molecular flexibility index (Phi) is 4.67. The van der Waals surface area contributed by atoms with Gasteiger partial charge in [0.05, 0.1) is 27.9 Å². The quantitative estimate of drug-likeness (QED) is 0.804. The number of methoxy groups -OCH3 is 3. The first-order valence-corrected chi connectivity index (χ1v) is 4.86. The van der Waals surface area contributed by atoms with E-state index >= 15 is 0 Å². The van der Waals surface area contributed by atoms with E-state index in [1.807, 2.05) is 0 Å². The van der Waals surface area contributed by atoms with Crippen LogP contribution in [0.1, 0.15) is 5.56 Å². The highest BCUT2D eigenvalue weighted by molar-refractivity contribution is 6.34. The van der Waals surface area contributed by atoms with Gasteiger partial charge in [-0.15, -0.1) is 0 Å². The number of nitrogens with two attached hydrogens (primary N) is 1. The number of benzene rings is 1. The summed E-state index contributed by atoms with van der Waals surface area (Å²) in [6, 6.07) is 1.70. The summed E-state index contributed by atoms with van der Waals surface area (Å²) in [5.74, 6) is 6.41. The highest BCUT2D eigenvalue weighted by Gasteiger charge is 2.18. The predicted molar refractivity (Wildman–Crippen MR) is 60.1 cm³/mol. The summed E-state index contributed by atoms with van der Waals surface area (Å²) < 4.78 is 15.4. The highest BCUT2D eigenvalue weighted by Crippen LogP contribution is 2.43. The predicted octanol–water partition coefficient (Wildman–Crippen LogP) is 1.76. The minimum Gasteiger partial charge on any atom is -0.495 e. The molecule has 0 aromatic heterocycles. The lowest BCUT2D eigenvalue weighted by molar-refractivity contribution is 0.121. The van der Waals surface area contributed by atoms with Crippen molar-refractivity contribution in [2.75, 3.05) is 21.3 Å². The molecule has 0 amide bonds. The van der Waals surface area contributed by atoms with E-state index in [1.165, 1.54) is 21.3 Å². The number of ether oxygens (including phenoxy) is 3. The van der Waals surface area contributed by atoms with Crippen molar-refractivity contribution in [3.63, 3.8) is 0 Å². The van der Waals surface area contributed by atoms with E-state index in [0.717, 1.165) is 0 Å². The summed E-state index contributed by atoms with van der Waals surface area (Å²) >= 11 is 6.11. The van der Waals surface area contributed by atoms with Crippen LogP contribution in [0.3, 0.4) is 0 Å². The average Bonchev–Trinajstić information content (AvgIpc) is 2.29. The van der Waals surface area contributed by atoms with Crippen LogP contribution in [-0.4, -0.2) is 21.3 Å². The molecule has 0 saturated carbocycles. The molecule has 1 rings (SSSR count). The Hall–Kier alpha value is -1.17. The van der Waals surface area contributed by atoms with Crippen molar-refractivity contribution in [1.29, 1.82) is 0 Å². The van der Waals surface area contributed by atoms with Crippen LogP contribution in [0.4, 0.5) is 0 Å². The number of hydrogen-bond acceptors (Lipinski definition) is 5. The summed E-state index contributed by atoms with van der Waals surface area (Å²) in [6.07, 6.45) is 0. The zero-order valence-corrected chi connectivity index (χ0v) is 10.1. The summed E-state index contributed by atoms with van der Waals surface area (Å²) in [4.78, 5) is 4.56. The summed E-state index contributed by atoms with van der Waals surface area (Å²) in [5, 5.41) is 0.330. The van der Waals surface area contributed by atoms with Gasteiger partial charge in [-0.25, -0.2) is 5.90 Å². The van der Waals surface area contributed by atoms with E-state index in [2.05, 4.69) is 4.84 Å². The van der Waals surface area contributed by atoms with E-state index in [4.69, 9.17) is 31.7 Å². The standard InChI is InChI=1S/C10H14ClNO4/c1-13-7-4-6(5-16-12)9(14-2)8(11)10(7)15-3/h4H,5,12H2,1-3H3. The second-order valence-electron chi connectivity index (χ2n) is 2.93. The van der Waals surface area contributed by atoms with Crippen molar-refractivity contribution in [1.82, 2.24) is 0 Å². The van der Waals surface area contributed by atoms with Gasteiger partial charge in [0, 0.05) is 5.56 Å². The van der Waals surface area contributed by atoms with Gasteiger partial charge in [0.15, 0.2) is 11.5 Å². The molecule has 16 heavy (non-hydrogen) atoms. The van der Waals surface area contributed by atoms with Crippen molar-refractivity contribution in [2.45, 2.75) is 6.61 Å². The molecular formula is C10H14ClNO4. The van der Waals surface area contributed by atoms with E-state index in [1.54, 1.807) is 6.07 Å². The Bertz CT molecular complexity index is 370. The first-order valence-electron chi connectivity index (χ1n) is 4.48. The maximum absolute atomic E-state index is 6.11. The van der Waals surface area contributed by atoms with Gasteiger partial charge in [0.2, 0.25) is 0 Å². The molecule has 0 spiro atoms. The third-order valence-electron chi connectivity index (χ3n) is 2.09. The molecule has 0 unspecified atom stereocenters. The molecule has 0 saturated heterocycles. The number of hydrogen-bond donors (Lipinski definition) is 1. The maximum atomic E-state index is 6.11. The van der Waals surface area contributed by atoms with Gasteiger partial charge in [-0.05, 0) is 6.07 Å². The maximum Gasteiger partial charge on any atom is 0.183 e. The Morgan fingerprint density at radius 2 is 1.75 bits per heavy atom. The minimum atomic E-state index is 0.170. The molecule has 0 bridgehead atoms. The third kappa shape index (κ3) is 2.32. The van der Waals surface area contributed by atoms with Crippen LogP contribution in [0, 0.1) is 0 Å². The molecule has 6 heteroatoms. The molecule has 1 aromatic carbocycles. The molecule has 5 nitrogen and oxygen atoms in total. The Morgan fingerprint density at radius 3 is 2.19 bits per heavy atom.